The number of aryl methyl sites for hydroxylation is 1. The fourth-order valence-electron chi connectivity index (χ4n) is 3.11. The van der Waals surface area contributed by atoms with Crippen molar-refractivity contribution in [1.29, 1.82) is 0 Å². The summed E-state index contributed by atoms with van der Waals surface area (Å²) >= 11 is 6.03. The second-order valence-corrected chi connectivity index (χ2v) is 6.59. The topological polar surface area (TPSA) is 71.5 Å². The standard InChI is InChI=1S/C19H20ClN3O3/c1-12-5-3-7-17(21-12)22-18(24)15-6-4-10-23(15)19(25)14-11-13(20)8-9-16(14)26-2/h3,5,7-9,11,15H,4,6,10H2,1-2H3,(H,21,22,24)/t15-/m0/s1. The van der Waals surface area contributed by atoms with Crippen LogP contribution in [0.15, 0.2) is 36.4 Å². The molecule has 136 valence electrons. The molecular weight excluding hydrogens is 354 g/mol. The van der Waals surface area contributed by atoms with Gasteiger partial charge in [-0.15, -0.1) is 0 Å². The van der Waals surface area contributed by atoms with Crippen LogP contribution in [0, 0.1) is 6.92 Å². The molecule has 0 aliphatic carbocycles. The first-order valence-corrected chi connectivity index (χ1v) is 8.76. The molecule has 0 saturated carbocycles. The number of ether oxygens (including phenoxy) is 1. The van der Waals surface area contributed by atoms with Crippen LogP contribution < -0.4 is 10.1 Å². The Morgan fingerprint density at radius 2 is 2.12 bits per heavy atom. The van der Waals surface area contributed by atoms with E-state index in [0.717, 1.165) is 12.1 Å². The summed E-state index contributed by atoms with van der Waals surface area (Å²) in [6.45, 7) is 2.36. The lowest BCUT2D eigenvalue weighted by molar-refractivity contribution is -0.119. The van der Waals surface area contributed by atoms with Gasteiger partial charge in [0.15, 0.2) is 0 Å². The lowest BCUT2D eigenvalue weighted by Crippen LogP contribution is -2.43. The summed E-state index contributed by atoms with van der Waals surface area (Å²) in [5.41, 5.74) is 1.17. The highest BCUT2D eigenvalue weighted by Crippen LogP contribution is 2.28. The smallest absolute Gasteiger partial charge is 0.258 e. The Morgan fingerprint density at radius 3 is 2.85 bits per heavy atom. The Hall–Kier alpha value is -2.60. The molecule has 1 aromatic heterocycles. The maximum absolute atomic E-state index is 13.0. The van der Waals surface area contributed by atoms with Crippen LogP contribution in [0.2, 0.25) is 5.02 Å². The van der Waals surface area contributed by atoms with Gasteiger partial charge in [-0.2, -0.15) is 0 Å². The van der Waals surface area contributed by atoms with E-state index in [9.17, 15) is 9.59 Å². The summed E-state index contributed by atoms with van der Waals surface area (Å²) in [6, 6.07) is 9.74. The first kappa shape index (κ1) is 18.2. The minimum absolute atomic E-state index is 0.241. The summed E-state index contributed by atoms with van der Waals surface area (Å²) in [5, 5.41) is 3.24. The Morgan fingerprint density at radius 1 is 1.31 bits per heavy atom. The average Bonchev–Trinajstić information content (AvgIpc) is 3.11. The van der Waals surface area contributed by atoms with Crippen LogP contribution in [0.3, 0.4) is 0 Å². The fraction of sp³-hybridized carbons (Fsp3) is 0.316. The van der Waals surface area contributed by atoms with Crippen LogP contribution in [-0.2, 0) is 4.79 Å². The number of rotatable bonds is 4. The lowest BCUT2D eigenvalue weighted by atomic mass is 10.1. The largest absolute Gasteiger partial charge is 0.496 e. The van der Waals surface area contributed by atoms with Gasteiger partial charge in [0.25, 0.3) is 5.91 Å². The number of carbonyl (C=O) groups excluding carboxylic acids is 2. The van der Waals surface area contributed by atoms with E-state index < -0.39 is 6.04 Å². The molecule has 1 saturated heterocycles. The number of benzene rings is 1. The van der Waals surface area contributed by atoms with Crippen LogP contribution in [0.5, 0.6) is 5.75 Å². The minimum Gasteiger partial charge on any atom is -0.496 e. The number of anilines is 1. The molecule has 1 fully saturated rings. The van der Waals surface area contributed by atoms with Crippen molar-refractivity contribution in [3.63, 3.8) is 0 Å². The number of likely N-dealkylation sites (tertiary alicyclic amines) is 1. The van der Waals surface area contributed by atoms with Crippen molar-refractivity contribution >= 4 is 29.2 Å². The van der Waals surface area contributed by atoms with E-state index >= 15 is 0 Å². The lowest BCUT2D eigenvalue weighted by Gasteiger charge is -2.24. The van der Waals surface area contributed by atoms with Crippen LogP contribution in [0.4, 0.5) is 5.82 Å². The molecule has 0 unspecified atom stereocenters. The Bertz CT molecular complexity index is 841. The van der Waals surface area contributed by atoms with E-state index in [-0.39, 0.29) is 11.8 Å². The first-order chi connectivity index (χ1) is 12.5. The van der Waals surface area contributed by atoms with Gasteiger partial charge in [-0.1, -0.05) is 17.7 Å². The Labute approximate surface area is 157 Å². The van der Waals surface area contributed by atoms with Gasteiger partial charge in [0.2, 0.25) is 5.91 Å². The molecule has 2 heterocycles. The van der Waals surface area contributed by atoms with Gasteiger partial charge in [0, 0.05) is 17.3 Å². The molecule has 1 aromatic carbocycles. The number of aromatic nitrogens is 1. The monoisotopic (exact) mass is 373 g/mol. The van der Waals surface area contributed by atoms with E-state index in [0.29, 0.717) is 35.1 Å². The molecule has 1 aliphatic heterocycles. The van der Waals surface area contributed by atoms with Crippen LogP contribution in [-0.4, -0.2) is 41.4 Å². The summed E-state index contributed by atoms with van der Waals surface area (Å²) in [4.78, 5) is 31.5. The molecule has 1 N–H and O–H groups in total. The molecule has 1 aliphatic rings. The highest BCUT2D eigenvalue weighted by atomic mass is 35.5. The number of pyridine rings is 1. The molecule has 1 atom stereocenters. The fourth-order valence-corrected chi connectivity index (χ4v) is 3.28. The van der Waals surface area contributed by atoms with Gasteiger partial charge in [-0.25, -0.2) is 4.98 Å². The number of halogens is 1. The minimum atomic E-state index is -0.548. The molecular formula is C19H20ClN3O3. The van der Waals surface area contributed by atoms with Gasteiger partial charge in [0.05, 0.1) is 12.7 Å². The third-order valence-electron chi connectivity index (χ3n) is 4.35. The molecule has 3 rings (SSSR count). The van der Waals surface area contributed by atoms with E-state index in [2.05, 4.69) is 10.3 Å². The normalized spacial score (nSPS) is 16.4. The number of hydrogen-bond acceptors (Lipinski definition) is 4. The first-order valence-electron chi connectivity index (χ1n) is 8.38. The summed E-state index contributed by atoms with van der Waals surface area (Å²) in [7, 11) is 1.50. The van der Waals surface area contributed by atoms with Crippen molar-refractivity contribution in [3.05, 3.63) is 52.7 Å². The number of carbonyl (C=O) groups is 2. The average molecular weight is 374 g/mol. The molecule has 0 bridgehead atoms. The zero-order valence-corrected chi connectivity index (χ0v) is 15.4. The van der Waals surface area contributed by atoms with Crippen LogP contribution in [0.25, 0.3) is 0 Å². The van der Waals surface area contributed by atoms with Crippen molar-refractivity contribution < 1.29 is 14.3 Å². The van der Waals surface area contributed by atoms with Gasteiger partial charge in [-0.05, 0) is 50.1 Å². The SMILES string of the molecule is COc1ccc(Cl)cc1C(=O)N1CCC[C@H]1C(=O)Nc1cccc(C)n1. The third kappa shape index (κ3) is 3.80. The van der Waals surface area contributed by atoms with E-state index in [1.807, 2.05) is 19.1 Å². The Balaban J connectivity index is 1.80. The van der Waals surface area contributed by atoms with Gasteiger partial charge in [-0.3, -0.25) is 9.59 Å². The van der Waals surface area contributed by atoms with Crippen molar-refractivity contribution in [1.82, 2.24) is 9.88 Å². The van der Waals surface area contributed by atoms with Crippen LogP contribution in [0.1, 0.15) is 28.9 Å². The Kier molecular flexibility index (Phi) is 5.42. The molecule has 7 heteroatoms. The van der Waals surface area contributed by atoms with Gasteiger partial charge in [0.1, 0.15) is 17.6 Å². The number of nitrogens with zero attached hydrogens (tertiary/aromatic N) is 2. The highest BCUT2D eigenvalue weighted by Gasteiger charge is 2.35. The van der Waals surface area contributed by atoms with Gasteiger partial charge >= 0.3 is 0 Å². The zero-order valence-electron chi connectivity index (χ0n) is 14.7. The van der Waals surface area contributed by atoms with E-state index in [4.69, 9.17) is 16.3 Å². The molecule has 2 aromatic rings. The second kappa shape index (κ2) is 7.74. The second-order valence-electron chi connectivity index (χ2n) is 6.15. The number of nitrogens with one attached hydrogen (secondary N) is 1. The van der Waals surface area contributed by atoms with Gasteiger partial charge < -0.3 is 15.0 Å². The quantitative estimate of drug-likeness (QED) is 0.892. The molecule has 6 nitrogen and oxygen atoms in total. The molecule has 0 spiro atoms. The molecule has 26 heavy (non-hydrogen) atoms. The van der Waals surface area contributed by atoms with Crippen molar-refractivity contribution in [3.8, 4) is 5.75 Å². The van der Waals surface area contributed by atoms with E-state index in [1.165, 1.54) is 7.11 Å². The highest BCUT2D eigenvalue weighted by molar-refractivity contribution is 6.31. The predicted molar refractivity (Wildman–Crippen MR) is 99.7 cm³/mol. The summed E-state index contributed by atoms with van der Waals surface area (Å²) in [6.07, 6.45) is 1.36. The maximum Gasteiger partial charge on any atom is 0.258 e. The van der Waals surface area contributed by atoms with Crippen molar-refractivity contribution in [2.75, 3.05) is 19.0 Å². The van der Waals surface area contributed by atoms with Crippen LogP contribution >= 0.6 is 11.6 Å². The number of hydrogen-bond donors (Lipinski definition) is 1. The molecule has 0 radical (unpaired) electrons. The number of amides is 2. The zero-order chi connectivity index (χ0) is 18.7. The van der Waals surface area contributed by atoms with Crippen molar-refractivity contribution in [2.24, 2.45) is 0 Å². The summed E-state index contributed by atoms with van der Waals surface area (Å²) < 4.78 is 5.27. The predicted octanol–water partition coefficient (Wildman–Crippen LogP) is 3.30. The van der Waals surface area contributed by atoms with Crippen molar-refractivity contribution in [2.45, 2.75) is 25.8 Å². The van der Waals surface area contributed by atoms with E-state index in [1.54, 1.807) is 29.2 Å². The third-order valence-corrected chi connectivity index (χ3v) is 4.58. The number of methoxy groups -OCH3 is 1. The maximum atomic E-state index is 13.0. The summed E-state index contributed by atoms with van der Waals surface area (Å²) in [5.74, 6) is 0.412. The molecule has 2 amide bonds.